The van der Waals surface area contributed by atoms with E-state index >= 15 is 0 Å². The number of benzene rings is 1. The van der Waals surface area contributed by atoms with Gasteiger partial charge in [-0.3, -0.25) is 4.79 Å². The Hall–Kier alpha value is -2.63. The standard InChI is InChI=1S/C14H17N5O/c1-19(2)14(20)10-3-4-12(15)13(7-10)17-8-11-5-6-16-9-18-11/h3-7,9,17H,8,15H2,1-2H3. The molecule has 6 heteroatoms. The van der Waals surface area contributed by atoms with E-state index in [-0.39, 0.29) is 5.91 Å². The lowest BCUT2D eigenvalue weighted by Gasteiger charge is -2.13. The lowest BCUT2D eigenvalue weighted by molar-refractivity contribution is 0.0827. The smallest absolute Gasteiger partial charge is 0.253 e. The van der Waals surface area contributed by atoms with Crippen molar-refractivity contribution in [2.45, 2.75) is 6.54 Å². The topological polar surface area (TPSA) is 84.1 Å². The predicted octanol–water partition coefficient (Wildman–Crippen LogP) is 1.37. The molecule has 0 bridgehead atoms. The Morgan fingerprint density at radius 2 is 2.15 bits per heavy atom. The summed E-state index contributed by atoms with van der Waals surface area (Å²) in [6.45, 7) is 0.520. The summed E-state index contributed by atoms with van der Waals surface area (Å²) in [6, 6.07) is 7.00. The second kappa shape index (κ2) is 6.01. The zero-order valence-electron chi connectivity index (χ0n) is 11.5. The van der Waals surface area contributed by atoms with Crippen molar-refractivity contribution in [3.8, 4) is 0 Å². The minimum absolute atomic E-state index is 0.0601. The molecule has 1 aromatic carbocycles. The molecular weight excluding hydrogens is 254 g/mol. The van der Waals surface area contributed by atoms with Crippen LogP contribution in [0.25, 0.3) is 0 Å². The molecule has 20 heavy (non-hydrogen) atoms. The van der Waals surface area contributed by atoms with Gasteiger partial charge in [0, 0.05) is 25.9 Å². The van der Waals surface area contributed by atoms with Gasteiger partial charge >= 0.3 is 0 Å². The maximum absolute atomic E-state index is 11.9. The third-order valence-corrected chi connectivity index (χ3v) is 2.81. The Balaban J connectivity index is 2.15. The Morgan fingerprint density at radius 1 is 1.35 bits per heavy atom. The quantitative estimate of drug-likeness (QED) is 0.820. The molecule has 3 N–H and O–H groups in total. The summed E-state index contributed by atoms with van der Waals surface area (Å²) in [5.74, 6) is -0.0601. The molecule has 1 aromatic heterocycles. The molecule has 0 spiro atoms. The second-order valence-electron chi connectivity index (χ2n) is 4.56. The number of carbonyl (C=O) groups excluding carboxylic acids is 1. The molecule has 1 amide bonds. The summed E-state index contributed by atoms with van der Waals surface area (Å²) < 4.78 is 0. The third kappa shape index (κ3) is 3.23. The predicted molar refractivity (Wildman–Crippen MR) is 78.2 cm³/mol. The van der Waals surface area contributed by atoms with Gasteiger partial charge in [0.2, 0.25) is 0 Å². The van der Waals surface area contributed by atoms with Gasteiger partial charge in [-0.05, 0) is 24.3 Å². The average molecular weight is 271 g/mol. The van der Waals surface area contributed by atoms with Gasteiger partial charge < -0.3 is 16.0 Å². The summed E-state index contributed by atoms with van der Waals surface area (Å²) in [4.78, 5) is 21.4. The van der Waals surface area contributed by atoms with Crippen molar-refractivity contribution in [2.24, 2.45) is 0 Å². The Bertz CT molecular complexity index is 598. The highest BCUT2D eigenvalue weighted by atomic mass is 16.2. The van der Waals surface area contributed by atoms with Gasteiger partial charge in [0.15, 0.2) is 0 Å². The largest absolute Gasteiger partial charge is 0.397 e. The number of nitrogens with zero attached hydrogens (tertiary/aromatic N) is 3. The lowest BCUT2D eigenvalue weighted by atomic mass is 10.1. The van der Waals surface area contributed by atoms with Gasteiger partial charge in [-0.1, -0.05) is 0 Å². The SMILES string of the molecule is CN(C)C(=O)c1ccc(N)c(NCc2ccncn2)c1. The molecule has 104 valence electrons. The van der Waals surface area contributed by atoms with Gasteiger partial charge in [0.1, 0.15) is 6.33 Å². The second-order valence-corrected chi connectivity index (χ2v) is 4.56. The zero-order valence-corrected chi connectivity index (χ0v) is 11.5. The summed E-state index contributed by atoms with van der Waals surface area (Å²) in [5, 5.41) is 3.18. The first-order valence-corrected chi connectivity index (χ1v) is 6.18. The molecule has 0 radical (unpaired) electrons. The van der Waals surface area contributed by atoms with Crippen molar-refractivity contribution in [1.29, 1.82) is 0 Å². The first kappa shape index (κ1) is 13.8. The third-order valence-electron chi connectivity index (χ3n) is 2.81. The number of anilines is 2. The molecule has 6 nitrogen and oxygen atoms in total. The highest BCUT2D eigenvalue weighted by Crippen LogP contribution is 2.21. The number of carbonyl (C=O) groups is 1. The Labute approximate surface area is 117 Å². The maximum atomic E-state index is 11.9. The molecule has 0 aliphatic heterocycles. The molecule has 0 aliphatic carbocycles. The summed E-state index contributed by atoms with van der Waals surface area (Å²) in [7, 11) is 3.43. The van der Waals surface area contributed by atoms with Gasteiger partial charge in [-0.15, -0.1) is 0 Å². The molecule has 0 saturated carbocycles. The average Bonchev–Trinajstić information content (AvgIpc) is 2.46. The van der Waals surface area contributed by atoms with Crippen molar-refractivity contribution >= 4 is 17.3 Å². The van der Waals surface area contributed by atoms with E-state index in [0.717, 1.165) is 11.4 Å². The summed E-state index contributed by atoms with van der Waals surface area (Å²) in [6.07, 6.45) is 3.17. The molecule has 2 aromatic rings. The normalized spacial score (nSPS) is 10.1. The minimum Gasteiger partial charge on any atom is -0.397 e. The van der Waals surface area contributed by atoms with Gasteiger partial charge in [-0.2, -0.15) is 0 Å². The summed E-state index contributed by atoms with van der Waals surface area (Å²) in [5.41, 5.74) is 8.66. The number of rotatable bonds is 4. The Morgan fingerprint density at radius 3 is 2.80 bits per heavy atom. The van der Waals surface area contributed by atoms with E-state index in [2.05, 4.69) is 15.3 Å². The van der Waals surface area contributed by atoms with E-state index in [0.29, 0.717) is 17.8 Å². The molecule has 2 rings (SSSR count). The first-order valence-electron chi connectivity index (χ1n) is 6.18. The molecule has 0 fully saturated rings. The Kier molecular flexibility index (Phi) is 4.14. The highest BCUT2D eigenvalue weighted by molar-refractivity contribution is 5.95. The van der Waals surface area contributed by atoms with E-state index in [9.17, 15) is 4.79 Å². The van der Waals surface area contributed by atoms with Crippen LogP contribution in [-0.4, -0.2) is 34.9 Å². The van der Waals surface area contributed by atoms with Crippen LogP contribution in [0.5, 0.6) is 0 Å². The molecule has 0 aliphatic rings. The first-order chi connectivity index (χ1) is 9.58. The van der Waals surface area contributed by atoms with Crippen molar-refractivity contribution < 1.29 is 4.79 Å². The monoisotopic (exact) mass is 271 g/mol. The van der Waals surface area contributed by atoms with Gasteiger partial charge in [0.05, 0.1) is 23.6 Å². The van der Waals surface area contributed by atoms with Crippen molar-refractivity contribution in [2.75, 3.05) is 25.1 Å². The van der Waals surface area contributed by atoms with Gasteiger partial charge in [-0.25, -0.2) is 9.97 Å². The molecule has 1 heterocycles. The zero-order chi connectivity index (χ0) is 14.5. The van der Waals surface area contributed by atoms with Crippen LogP contribution in [0.15, 0.2) is 36.8 Å². The van der Waals surface area contributed by atoms with Crippen LogP contribution in [0.4, 0.5) is 11.4 Å². The van der Waals surface area contributed by atoms with Crippen LogP contribution in [0, 0.1) is 0 Å². The number of amides is 1. The number of nitrogen functional groups attached to an aromatic ring is 1. The number of hydrogen-bond donors (Lipinski definition) is 2. The van der Waals surface area contributed by atoms with Crippen LogP contribution in [0.3, 0.4) is 0 Å². The van der Waals surface area contributed by atoms with Crippen molar-refractivity contribution in [3.05, 3.63) is 48.0 Å². The fourth-order valence-electron chi connectivity index (χ4n) is 1.71. The van der Waals surface area contributed by atoms with Gasteiger partial charge in [0.25, 0.3) is 5.91 Å². The van der Waals surface area contributed by atoms with Crippen LogP contribution in [0.2, 0.25) is 0 Å². The van der Waals surface area contributed by atoms with E-state index in [1.165, 1.54) is 11.2 Å². The van der Waals surface area contributed by atoms with E-state index < -0.39 is 0 Å². The lowest BCUT2D eigenvalue weighted by Crippen LogP contribution is -2.21. The number of aromatic nitrogens is 2. The van der Waals surface area contributed by atoms with Crippen LogP contribution in [-0.2, 0) is 6.54 Å². The minimum atomic E-state index is -0.0601. The molecule has 0 unspecified atom stereocenters. The molecule has 0 atom stereocenters. The van der Waals surface area contributed by atoms with E-state index in [1.54, 1.807) is 38.5 Å². The molecular formula is C14H17N5O. The number of nitrogens with two attached hydrogens (primary N) is 1. The number of hydrogen-bond acceptors (Lipinski definition) is 5. The van der Waals surface area contributed by atoms with E-state index in [1.807, 2.05) is 6.07 Å². The van der Waals surface area contributed by atoms with Crippen LogP contribution >= 0.6 is 0 Å². The summed E-state index contributed by atoms with van der Waals surface area (Å²) >= 11 is 0. The van der Waals surface area contributed by atoms with Crippen molar-refractivity contribution in [3.63, 3.8) is 0 Å². The van der Waals surface area contributed by atoms with Crippen molar-refractivity contribution in [1.82, 2.24) is 14.9 Å². The fourth-order valence-corrected chi connectivity index (χ4v) is 1.71. The number of nitrogens with one attached hydrogen (secondary N) is 1. The van der Waals surface area contributed by atoms with Crippen LogP contribution < -0.4 is 11.1 Å². The molecule has 0 saturated heterocycles. The van der Waals surface area contributed by atoms with E-state index in [4.69, 9.17) is 5.73 Å². The maximum Gasteiger partial charge on any atom is 0.253 e. The fraction of sp³-hybridized carbons (Fsp3) is 0.214. The highest BCUT2D eigenvalue weighted by Gasteiger charge is 2.10. The van der Waals surface area contributed by atoms with Crippen LogP contribution in [0.1, 0.15) is 16.1 Å².